The number of carbonyl (C=O) groups is 4. The van der Waals surface area contributed by atoms with Crippen LogP contribution in [-0.4, -0.2) is 61.1 Å². The first-order valence-corrected chi connectivity index (χ1v) is 9.70. The predicted octanol–water partition coefficient (Wildman–Crippen LogP) is 1.03. The number of aryl methyl sites for hydroxylation is 1. The van der Waals surface area contributed by atoms with Crippen LogP contribution in [0.4, 0.5) is 0 Å². The minimum absolute atomic E-state index is 0.286. The van der Waals surface area contributed by atoms with Crippen LogP contribution >= 0.6 is 0 Å². The topological polar surface area (TPSA) is 126 Å². The maximum Gasteiger partial charge on any atom is 0.303 e. The van der Waals surface area contributed by atoms with Gasteiger partial charge in [-0.05, 0) is 19.1 Å². The fourth-order valence-corrected chi connectivity index (χ4v) is 3.14. The van der Waals surface area contributed by atoms with Gasteiger partial charge in [-0.25, -0.2) is 0 Å². The van der Waals surface area contributed by atoms with Gasteiger partial charge < -0.3 is 29.0 Å². The first kappa shape index (κ1) is 24.1. The molecule has 1 aliphatic rings. The van der Waals surface area contributed by atoms with Gasteiger partial charge in [0.1, 0.15) is 24.5 Å². The van der Waals surface area contributed by atoms with Crippen LogP contribution in [0, 0.1) is 6.92 Å². The Kier molecular flexibility index (Phi) is 8.38. The fourth-order valence-electron chi connectivity index (χ4n) is 3.14. The quantitative estimate of drug-likeness (QED) is 0.491. The number of amides is 1. The molecule has 0 bridgehead atoms. The summed E-state index contributed by atoms with van der Waals surface area (Å²) in [5.41, 5.74) is 1.01. The van der Waals surface area contributed by atoms with Crippen molar-refractivity contribution in [3.63, 3.8) is 0 Å². The maximum atomic E-state index is 11.9. The molecule has 1 amide bonds. The largest absolute Gasteiger partial charge is 0.463 e. The van der Waals surface area contributed by atoms with Crippen molar-refractivity contribution in [2.24, 2.45) is 0 Å². The summed E-state index contributed by atoms with van der Waals surface area (Å²) in [5.74, 6) is -1.92. The monoisotopic (exact) mass is 437 g/mol. The van der Waals surface area contributed by atoms with E-state index >= 15 is 0 Å². The minimum atomic E-state index is -1.16. The molecule has 0 radical (unpaired) electrons. The van der Waals surface area contributed by atoms with Gasteiger partial charge in [-0.3, -0.25) is 19.2 Å². The van der Waals surface area contributed by atoms with E-state index in [1.54, 1.807) is 12.1 Å². The molecule has 10 heteroatoms. The molecule has 2 rings (SSSR count). The third kappa shape index (κ3) is 7.25. The van der Waals surface area contributed by atoms with Gasteiger partial charge in [0.2, 0.25) is 12.2 Å². The van der Waals surface area contributed by atoms with Gasteiger partial charge in [-0.1, -0.05) is 17.7 Å². The highest BCUT2D eigenvalue weighted by atomic mass is 16.7. The van der Waals surface area contributed by atoms with E-state index < -0.39 is 54.5 Å². The van der Waals surface area contributed by atoms with Crippen LogP contribution in [0.15, 0.2) is 24.3 Å². The average Bonchev–Trinajstić information content (AvgIpc) is 2.65. The zero-order chi connectivity index (χ0) is 23.1. The van der Waals surface area contributed by atoms with Gasteiger partial charge in [0.05, 0.1) is 0 Å². The van der Waals surface area contributed by atoms with Crippen LogP contribution in [0.25, 0.3) is 0 Å². The second kappa shape index (κ2) is 10.8. The van der Waals surface area contributed by atoms with Crippen LogP contribution < -0.4 is 10.1 Å². The molecule has 170 valence electrons. The van der Waals surface area contributed by atoms with E-state index in [0.29, 0.717) is 5.75 Å². The van der Waals surface area contributed by atoms with E-state index in [-0.39, 0.29) is 6.61 Å². The minimum Gasteiger partial charge on any atom is -0.463 e. The number of ether oxygens (including phenoxy) is 5. The lowest BCUT2D eigenvalue weighted by Crippen LogP contribution is -2.67. The average molecular weight is 437 g/mol. The summed E-state index contributed by atoms with van der Waals surface area (Å²) >= 11 is 0. The molecule has 1 fully saturated rings. The molecule has 1 aliphatic heterocycles. The number of benzene rings is 1. The molecule has 1 heterocycles. The third-order valence-corrected chi connectivity index (χ3v) is 4.34. The Morgan fingerprint density at radius 3 is 2.00 bits per heavy atom. The molecule has 5 atom stereocenters. The Morgan fingerprint density at radius 1 is 0.903 bits per heavy atom. The molecular weight excluding hydrogens is 410 g/mol. The number of hydrogen-bond acceptors (Lipinski definition) is 9. The number of rotatable bonds is 7. The zero-order valence-electron chi connectivity index (χ0n) is 18.1. The van der Waals surface area contributed by atoms with Gasteiger partial charge >= 0.3 is 17.9 Å². The predicted molar refractivity (Wildman–Crippen MR) is 106 cm³/mol. The van der Waals surface area contributed by atoms with Crippen molar-refractivity contribution in [3.8, 4) is 5.75 Å². The summed E-state index contributed by atoms with van der Waals surface area (Å²) in [6, 6.07) is 6.06. The van der Waals surface area contributed by atoms with Gasteiger partial charge in [0, 0.05) is 27.7 Å². The fraction of sp³-hybridized carbons (Fsp3) is 0.524. The molecule has 0 aromatic heterocycles. The first-order valence-electron chi connectivity index (χ1n) is 9.70. The number of carbonyl (C=O) groups excluding carboxylic acids is 4. The van der Waals surface area contributed by atoms with E-state index in [1.807, 2.05) is 19.1 Å². The third-order valence-electron chi connectivity index (χ3n) is 4.34. The highest BCUT2D eigenvalue weighted by molar-refractivity contribution is 5.73. The number of nitrogens with one attached hydrogen (secondary N) is 1. The Morgan fingerprint density at radius 2 is 1.48 bits per heavy atom. The lowest BCUT2D eigenvalue weighted by Gasteiger charge is -2.44. The number of esters is 3. The van der Waals surface area contributed by atoms with E-state index in [1.165, 1.54) is 27.7 Å². The van der Waals surface area contributed by atoms with Gasteiger partial charge in [0.15, 0.2) is 12.2 Å². The smallest absolute Gasteiger partial charge is 0.303 e. The Bertz CT molecular complexity index is 808. The normalized spacial score (nSPS) is 25.1. The van der Waals surface area contributed by atoms with Crippen molar-refractivity contribution in [1.82, 2.24) is 5.32 Å². The molecule has 0 saturated carbocycles. The van der Waals surface area contributed by atoms with Crippen molar-refractivity contribution in [2.45, 2.75) is 65.3 Å². The summed E-state index contributed by atoms with van der Waals surface area (Å²) in [7, 11) is 0. The van der Waals surface area contributed by atoms with Gasteiger partial charge in [-0.15, -0.1) is 0 Å². The molecule has 1 saturated heterocycles. The summed E-state index contributed by atoms with van der Waals surface area (Å²) in [4.78, 5) is 46.7. The SMILES string of the molecule is CC(=O)N[C@@H]1[C@H](Oc2ccc(C)cc2)O[C@H](COC(C)=O)[C@H](OC(C)=O)[C@H]1OC(C)=O. The summed E-state index contributed by atoms with van der Waals surface area (Å²) in [6.07, 6.45) is -4.47. The van der Waals surface area contributed by atoms with Crippen molar-refractivity contribution < 1.29 is 42.9 Å². The summed E-state index contributed by atoms with van der Waals surface area (Å²) in [6.45, 7) is 6.48. The Balaban J connectivity index is 2.43. The Labute approximate surface area is 180 Å². The maximum absolute atomic E-state index is 11.9. The molecule has 0 aliphatic carbocycles. The summed E-state index contributed by atoms with van der Waals surface area (Å²) in [5, 5.41) is 2.64. The lowest BCUT2D eigenvalue weighted by molar-refractivity contribution is -0.257. The second-order valence-electron chi connectivity index (χ2n) is 7.15. The van der Waals surface area contributed by atoms with Crippen molar-refractivity contribution in [3.05, 3.63) is 29.8 Å². The van der Waals surface area contributed by atoms with Crippen molar-refractivity contribution in [1.29, 1.82) is 0 Å². The van der Waals surface area contributed by atoms with E-state index in [9.17, 15) is 19.2 Å². The standard InChI is InChI=1S/C21H27NO9/c1-11-6-8-16(9-7-11)30-21-18(22-12(2)23)20(29-15(5)26)19(28-14(4)25)17(31-21)10-27-13(3)24/h6-9,17-21H,10H2,1-5H3,(H,22,23)/t17-,18+,19+,20+,21-/m1/s1. The van der Waals surface area contributed by atoms with Gasteiger partial charge in [-0.2, -0.15) is 0 Å². The second-order valence-corrected chi connectivity index (χ2v) is 7.15. The van der Waals surface area contributed by atoms with Crippen molar-refractivity contribution in [2.75, 3.05) is 6.61 Å². The van der Waals surface area contributed by atoms with Crippen LogP contribution in [0.2, 0.25) is 0 Å². The molecular formula is C21H27NO9. The van der Waals surface area contributed by atoms with Crippen LogP contribution in [0.1, 0.15) is 33.3 Å². The zero-order valence-corrected chi connectivity index (χ0v) is 18.1. The molecule has 1 N–H and O–H groups in total. The van der Waals surface area contributed by atoms with Gasteiger partial charge in [0.25, 0.3) is 0 Å². The molecule has 0 unspecified atom stereocenters. The van der Waals surface area contributed by atoms with E-state index in [4.69, 9.17) is 23.7 Å². The highest BCUT2D eigenvalue weighted by Crippen LogP contribution is 2.29. The Hall–Kier alpha value is -3.14. The van der Waals surface area contributed by atoms with Crippen LogP contribution in [0.5, 0.6) is 5.75 Å². The van der Waals surface area contributed by atoms with E-state index in [0.717, 1.165) is 5.56 Å². The van der Waals surface area contributed by atoms with Crippen LogP contribution in [0.3, 0.4) is 0 Å². The molecule has 31 heavy (non-hydrogen) atoms. The highest BCUT2D eigenvalue weighted by Gasteiger charge is 2.51. The lowest BCUT2D eigenvalue weighted by atomic mass is 9.96. The molecule has 10 nitrogen and oxygen atoms in total. The molecule has 0 spiro atoms. The molecule has 1 aromatic carbocycles. The molecule has 1 aromatic rings. The summed E-state index contributed by atoms with van der Waals surface area (Å²) < 4.78 is 27.6. The first-order chi connectivity index (χ1) is 14.6. The van der Waals surface area contributed by atoms with Crippen molar-refractivity contribution >= 4 is 23.8 Å². The van der Waals surface area contributed by atoms with Crippen LogP contribution in [-0.2, 0) is 38.1 Å². The number of hydrogen-bond donors (Lipinski definition) is 1. The van der Waals surface area contributed by atoms with E-state index in [2.05, 4.69) is 5.32 Å².